The van der Waals surface area contributed by atoms with Crippen molar-refractivity contribution in [3.63, 3.8) is 0 Å². The summed E-state index contributed by atoms with van der Waals surface area (Å²) in [5, 5.41) is 15.8. The molecule has 2 aromatic heterocycles. The van der Waals surface area contributed by atoms with Crippen LogP contribution in [0.3, 0.4) is 0 Å². The van der Waals surface area contributed by atoms with E-state index in [1.165, 1.54) is 12.4 Å². The van der Waals surface area contributed by atoms with Gasteiger partial charge in [-0.25, -0.2) is 4.98 Å². The average Bonchev–Trinajstić information content (AvgIpc) is 3.15. The minimum atomic E-state index is -0.457. The van der Waals surface area contributed by atoms with E-state index in [1.54, 1.807) is 17.4 Å². The number of anilines is 1. The number of hydrogen-bond donors (Lipinski definition) is 1. The lowest BCUT2D eigenvalue weighted by molar-refractivity contribution is -0.384. The molecular weight excluding hydrogens is 356 g/mol. The second kappa shape index (κ2) is 6.50. The molecule has 1 saturated heterocycles. The summed E-state index contributed by atoms with van der Waals surface area (Å²) in [7, 11) is 0. The van der Waals surface area contributed by atoms with Crippen LogP contribution in [-0.4, -0.2) is 34.1 Å². The van der Waals surface area contributed by atoms with E-state index < -0.39 is 10.5 Å². The number of nitrogens with one attached hydrogen (secondary N) is 1. The molecule has 2 unspecified atom stereocenters. The Morgan fingerprint density at radius 3 is 3.00 bits per heavy atom. The van der Waals surface area contributed by atoms with Crippen LogP contribution in [0.25, 0.3) is 10.9 Å². The van der Waals surface area contributed by atoms with Gasteiger partial charge in [0, 0.05) is 19.2 Å². The number of aromatic amines is 1. The highest BCUT2D eigenvalue weighted by molar-refractivity contribution is 7.07. The molecule has 3 heterocycles. The Bertz CT molecular complexity index is 1020. The third-order valence-electron chi connectivity index (χ3n) is 4.45. The standard InChI is InChI=1S/C17H16N4O4S/c1-10-6-20(7-16(25-10)11-2-3-26-8-11)14-5-13-12(4-15(14)21(23)24)17(22)19-9-18-13/h2-5,8-10,16H,6-7H2,1H3,(H,18,19,22). The monoisotopic (exact) mass is 372 g/mol. The van der Waals surface area contributed by atoms with Crippen molar-refractivity contribution in [1.82, 2.24) is 9.97 Å². The lowest BCUT2D eigenvalue weighted by Gasteiger charge is -2.37. The summed E-state index contributed by atoms with van der Waals surface area (Å²) < 4.78 is 6.01. The molecule has 1 N–H and O–H groups in total. The molecule has 9 heteroatoms. The summed E-state index contributed by atoms with van der Waals surface area (Å²) in [6.07, 6.45) is 1.06. The molecule has 3 aromatic rings. The number of aromatic nitrogens is 2. The van der Waals surface area contributed by atoms with E-state index in [-0.39, 0.29) is 23.3 Å². The molecule has 26 heavy (non-hydrogen) atoms. The SMILES string of the molecule is CC1CN(c2cc3nc[nH]c(=O)c3cc2[N+](=O)[O-])CC(c2ccsc2)O1. The number of nitro benzene ring substituents is 1. The van der Waals surface area contributed by atoms with Gasteiger partial charge in [0.05, 0.1) is 28.3 Å². The van der Waals surface area contributed by atoms with Crippen molar-refractivity contribution in [3.8, 4) is 0 Å². The van der Waals surface area contributed by atoms with E-state index >= 15 is 0 Å². The number of nitro groups is 1. The smallest absolute Gasteiger partial charge is 0.293 e. The molecule has 0 spiro atoms. The summed E-state index contributed by atoms with van der Waals surface area (Å²) in [5.74, 6) is 0. The highest BCUT2D eigenvalue weighted by atomic mass is 32.1. The third kappa shape index (κ3) is 2.95. The van der Waals surface area contributed by atoms with Crippen LogP contribution in [0.4, 0.5) is 11.4 Å². The number of nitrogens with zero attached hydrogens (tertiary/aromatic N) is 3. The maximum absolute atomic E-state index is 12.0. The highest BCUT2D eigenvalue weighted by Gasteiger charge is 2.31. The second-order valence-corrected chi connectivity index (χ2v) is 7.02. The first-order valence-corrected chi connectivity index (χ1v) is 9.05. The van der Waals surface area contributed by atoms with Crippen molar-refractivity contribution >= 4 is 33.6 Å². The van der Waals surface area contributed by atoms with Gasteiger partial charge in [-0.3, -0.25) is 14.9 Å². The van der Waals surface area contributed by atoms with Gasteiger partial charge in [-0.05, 0) is 35.4 Å². The van der Waals surface area contributed by atoms with Gasteiger partial charge in [0.2, 0.25) is 0 Å². The van der Waals surface area contributed by atoms with Crippen LogP contribution in [0.1, 0.15) is 18.6 Å². The molecule has 1 aromatic carbocycles. The van der Waals surface area contributed by atoms with Crippen LogP contribution in [0, 0.1) is 10.1 Å². The van der Waals surface area contributed by atoms with Gasteiger partial charge in [0.1, 0.15) is 11.8 Å². The van der Waals surface area contributed by atoms with Gasteiger partial charge >= 0.3 is 0 Å². The number of benzene rings is 1. The van der Waals surface area contributed by atoms with Crippen molar-refractivity contribution < 1.29 is 9.66 Å². The molecule has 0 radical (unpaired) electrons. The Labute approximate surface area is 152 Å². The first kappa shape index (κ1) is 16.7. The first-order chi connectivity index (χ1) is 12.5. The molecule has 1 fully saturated rings. The molecule has 0 aliphatic carbocycles. The minimum absolute atomic E-state index is 0.0870. The molecular formula is C17H16N4O4S. The maximum Gasteiger partial charge on any atom is 0.293 e. The number of H-pyrrole nitrogens is 1. The Morgan fingerprint density at radius 1 is 1.42 bits per heavy atom. The fourth-order valence-electron chi connectivity index (χ4n) is 3.28. The predicted octanol–water partition coefficient (Wildman–Crippen LogP) is 2.86. The Kier molecular flexibility index (Phi) is 4.17. The van der Waals surface area contributed by atoms with Crippen LogP contribution in [-0.2, 0) is 4.74 Å². The fraction of sp³-hybridized carbons (Fsp3) is 0.294. The third-order valence-corrected chi connectivity index (χ3v) is 5.15. The van der Waals surface area contributed by atoms with E-state index in [9.17, 15) is 14.9 Å². The summed E-state index contributed by atoms with van der Waals surface area (Å²) >= 11 is 1.59. The summed E-state index contributed by atoms with van der Waals surface area (Å²) in [6.45, 7) is 2.97. The second-order valence-electron chi connectivity index (χ2n) is 6.24. The van der Waals surface area contributed by atoms with Crippen molar-refractivity contribution in [1.29, 1.82) is 0 Å². The van der Waals surface area contributed by atoms with Crippen molar-refractivity contribution in [3.05, 3.63) is 61.3 Å². The molecule has 0 bridgehead atoms. The zero-order valence-corrected chi connectivity index (χ0v) is 14.7. The first-order valence-electron chi connectivity index (χ1n) is 8.11. The van der Waals surface area contributed by atoms with Gasteiger partial charge in [-0.1, -0.05) is 0 Å². The lowest BCUT2D eigenvalue weighted by Crippen LogP contribution is -2.43. The summed E-state index contributed by atoms with van der Waals surface area (Å²) in [4.78, 5) is 31.7. The molecule has 0 amide bonds. The van der Waals surface area contributed by atoms with Gasteiger partial charge in [-0.15, -0.1) is 0 Å². The number of morpholine rings is 1. The number of ether oxygens (including phenoxy) is 1. The quantitative estimate of drug-likeness (QED) is 0.560. The normalized spacial score (nSPS) is 20.4. The molecule has 0 saturated carbocycles. The van der Waals surface area contributed by atoms with Gasteiger partial charge in [-0.2, -0.15) is 11.3 Å². The van der Waals surface area contributed by atoms with Crippen LogP contribution in [0.2, 0.25) is 0 Å². The molecule has 1 aliphatic rings. The Balaban J connectivity index is 1.80. The van der Waals surface area contributed by atoms with Gasteiger partial charge < -0.3 is 14.6 Å². The molecule has 134 valence electrons. The van der Waals surface area contributed by atoms with Crippen molar-refractivity contribution in [2.75, 3.05) is 18.0 Å². The fourth-order valence-corrected chi connectivity index (χ4v) is 3.98. The van der Waals surface area contributed by atoms with E-state index in [0.717, 1.165) is 5.56 Å². The Morgan fingerprint density at radius 2 is 2.27 bits per heavy atom. The minimum Gasteiger partial charge on any atom is -0.367 e. The molecule has 1 aliphatic heterocycles. The largest absolute Gasteiger partial charge is 0.367 e. The van der Waals surface area contributed by atoms with E-state index in [0.29, 0.717) is 24.3 Å². The number of hydrogen-bond acceptors (Lipinski definition) is 7. The number of fused-ring (bicyclic) bond motifs is 1. The number of thiophene rings is 1. The maximum atomic E-state index is 12.0. The van der Waals surface area contributed by atoms with Gasteiger partial charge in [0.15, 0.2) is 0 Å². The molecule has 4 rings (SSSR count). The number of rotatable bonds is 3. The van der Waals surface area contributed by atoms with Crippen LogP contribution >= 0.6 is 11.3 Å². The predicted molar refractivity (Wildman–Crippen MR) is 98.8 cm³/mol. The zero-order chi connectivity index (χ0) is 18.3. The van der Waals surface area contributed by atoms with E-state index in [1.807, 2.05) is 28.7 Å². The van der Waals surface area contributed by atoms with Gasteiger partial charge in [0.25, 0.3) is 11.2 Å². The highest BCUT2D eigenvalue weighted by Crippen LogP contribution is 2.36. The zero-order valence-electron chi connectivity index (χ0n) is 13.9. The lowest BCUT2D eigenvalue weighted by atomic mass is 10.1. The van der Waals surface area contributed by atoms with Crippen molar-refractivity contribution in [2.45, 2.75) is 19.1 Å². The molecule has 2 atom stereocenters. The summed E-state index contributed by atoms with van der Waals surface area (Å²) in [6, 6.07) is 4.92. The Hall–Kier alpha value is -2.78. The molecule has 8 nitrogen and oxygen atoms in total. The van der Waals surface area contributed by atoms with Crippen molar-refractivity contribution in [2.24, 2.45) is 0 Å². The average molecular weight is 372 g/mol. The summed E-state index contributed by atoms with van der Waals surface area (Å²) in [5.41, 5.74) is 1.45. The van der Waals surface area contributed by atoms with Crippen LogP contribution < -0.4 is 10.5 Å². The van der Waals surface area contributed by atoms with E-state index in [4.69, 9.17) is 4.74 Å². The van der Waals surface area contributed by atoms with Crippen LogP contribution in [0.15, 0.2) is 40.1 Å². The van der Waals surface area contributed by atoms with Crippen LogP contribution in [0.5, 0.6) is 0 Å². The van der Waals surface area contributed by atoms with E-state index in [2.05, 4.69) is 9.97 Å². The topological polar surface area (TPSA) is 101 Å².